The van der Waals surface area contributed by atoms with Crippen molar-refractivity contribution in [2.45, 2.75) is 31.6 Å². The molecule has 0 aromatic heterocycles. The van der Waals surface area contributed by atoms with Crippen LogP contribution in [0.1, 0.15) is 20.8 Å². The summed E-state index contributed by atoms with van der Waals surface area (Å²) >= 11 is 1.80. The van der Waals surface area contributed by atoms with E-state index < -0.39 is 0 Å². The molecule has 10 heavy (non-hydrogen) atoms. The maximum Gasteiger partial charge on any atom is 0.148 e. The van der Waals surface area contributed by atoms with Gasteiger partial charge in [0.2, 0.25) is 0 Å². The molecule has 1 heterocycles. The molecule has 1 atom stereocenters. The lowest BCUT2D eigenvalue weighted by atomic mass is 10.0. The molecule has 1 unspecified atom stereocenters. The van der Waals surface area contributed by atoms with E-state index in [9.17, 15) is 4.79 Å². The van der Waals surface area contributed by atoms with E-state index in [0.29, 0.717) is 0 Å². The van der Waals surface area contributed by atoms with Gasteiger partial charge in [0.15, 0.2) is 0 Å². The highest BCUT2D eigenvalue weighted by atomic mass is 32.2. The molecule has 1 rings (SSSR count). The second-order valence-corrected chi connectivity index (χ2v) is 4.77. The van der Waals surface area contributed by atoms with Gasteiger partial charge in [0.05, 0.1) is 6.04 Å². The average Bonchev–Trinajstić information content (AvgIpc) is 2.08. The molecule has 1 aliphatic rings. The Hall–Kier alpha value is -0.0200. The monoisotopic (exact) mass is 159 g/mol. The Morgan fingerprint density at radius 3 is 2.50 bits per heavy atom. The van der Waals surface area contributed by atoms with Gasteiger partial charge in [0.1, 0.15) is 5.78 Å². The molecular weight excluding hydrogens is 146 g/mol. The van der Waals surface area contributed by atoms with Gasteiger partial charge >= 0.3 is 0 Å². The fourth-order valence-electron chi connectivity index (χ4n) is 1.27. The van der Waals surface area contributed by atoms with Gasteiger partial charge in [-0.2, -0.15) is 0 Å². The smallest absolute Gasteiger partial charge is 0.148 e. The fraction of sp³-hybridized carbons (Fsp3) is 0.857. The topological polar surface area (TPSA) is 29.1 Å². The molecule has 0 saturated carbocycles. The Morgan fingerprint density at radius 2 is 2.30 bits per heavy atom. The zero-order chi connectivity index (χ0) is 7.78. The lowest BCUT2D eigenvalue weighted by molar-refractivity contribution is -0.119. The molecule has 1 N–H and O–H groups in total. The van der Waals surface area contributed by atoms with Crippen molar-refractivity contribution in [1.29, 1.82) is 0 Å². The fourth-order valence-corrected chi connectivity index (χ4v) is 2.31. The Bertz CT molecular complexity index is 156. The van der Waals surface area contributed by atoms with Crippen LogP contribution in [-0.4, -0.2) is 22.4 Å². The second-order valence-electron chi connectivity index (χ2n) is 3.14. The molecule has 0 spiro atoms. The van der Waals surface area contributed by atoms with E-state index in [1.807, 2.05) is 0 Å². The molecule has 3 heteroatoms. The molecular formula is C7H13NOS. The van der Waals surface area contributed by atoms with Crippen molar-refractivity contribution in [3.8, 4) is 0 Å². The van der Waals surface area contributed by atoms with Crippen LogP contribution in [-0.2, 0) is 4.79 Å². The van der Waals surface area contributed by atoms with Crippen LogP contribution in [0, 0.1) is 0 Å². The summed E-state index contributed by atoms with van der Waals surface area (Å²) in [4.78, 5) is 11.0. The van der Waals surface area contributed by atoms with E-state index in [-0.39, 0.29) is 16.6 Å². The predicted octanol–water partition coefficient (Wildman–Crippen LogP) is 1.02. The highest BCUT2D eigenvalue weighted by molar-refractivity contribution is 8.00. The van der Waals surface area contributed by atoms with Crippen molar-refractivity contribution in [2.24, 2.45) is 0 Å². The molecule has 1 saturated heterocycles. The van der Waals surface area contributed by atoms with Crippen molar-refractivity contribution >= 4 is 17.5 Å². The molecule has 0 bridgehead atoms. The van der Waals surface area contributed by atoms with Gasteiger partial charge in [-0.15, -0.1) is 11.8 Å². The Labute approximate surface area is 65.8 Å². The van der Waals surface area contributed by atoms with E-state index in [2.05, 4.69) is 19.2 Å². The van der Waals surface area contributed by atoms with Crippen molar-refractivity contribution in [3.63, 3.8) is 0 Å². The van der Waals surface area contributed by atoms with E-state index in [1.165, 1.54) is 0 Å². The number of hydrogen-bond acceptors (Lipinski definition) is 3. The van der Waals surface area contributed by atoms with Crippen LogP contribution < -0.4 is 5.32 Å². The quantitative estimate of drug-likeness (QED) is 0.619. The number of carbonyl (C=O) groups excluding carboxylic acids is 1. The van der Waals surface area contributed by atoms with Crippen molar-refractivity contribution < 1.29 is 4.79 Å². The third-order valence-electron chi connectivity index (χ3n) is 1.83. The third-order valence-corrected chi connectivity index (χ3v) is 3.12. The molecule has 1 aliphatic heterocycles. The summed E-state index contributed by atoms with van der Waals surface area (Å²) in [5.41, 5.74) is 0. The first-order valence-corrected chi connectivity index (χ1v) is 4.40. The van der Waals surface area contributed by atoms with Gasteiger partial charge in [0, 0.05) is 10.6 Å². The third kappa shape index (κ3) is 1.35. The van der Waals surface area contributed by atoms with Crippen LogP contribution in [0.4, 0.5) is 0 Å². The standard InChI is InChI=1S/C7H13NOS/c1-5(9)6-7(2,3)10-4-8-6/h6,8H,4H2,1-3H3. The number of nitrogens with one attached hydrogen (secondary N) is 1. The van der Waals surface area contributed by atoms with Crippen LogP contribution in [0.25, 0.3) is 0 Å². The van der Waals surface area contributed by atoms with Crippen molar-refractivity contribution in [1.82, 2.24) is 5.32 Å². The Balaban J connectivity index is 2.68. The summed E-state index contributed by atoms with van der Waals surface area (Å²) in [6, 6.07) is 0.0532. The summed E-state index contributed by atoms with van der Waals surface area (Å²) in [6.45, 7) is 5.85. The number of rotatable bonds is 1. The minimum Gasteiger partial charge on any atom is -0.298 e. The summed E-state index contributed by atoms with van der Waals surface area (Å²) in [5.74, 6) is 1.15. The molecule has 0 aliphatic carbocycles. The lowest BCUT2D eigenvalue weighted by Crippen LogP contribution is -2.42. The number of thioether (sulfide) groups is 1. The zero-order valence-corrected chi connectivity index (χ0v) is 7.42. The average molecular weight is 159 g/mol. The summed E-state index contributed by atoms with van der Waals surface area (Å²) in [5, 5.41) is 3.16. The van der Waals surface area contributed by atoms with E-state index in [0.717, 1.165) is 5.88 Å². The number of ketones is 1. The van der Waals surface area contributed by atoms with Crippen molar-refractivity contribution in [3.05, 3.63) is 0 Å². The molecule has 1 fully saturated rings. The first kappa shape index (κ1) is 8.08. The van der Waals surface area contributed by atoms with Crippen LogP contribution in [0.15, 0.2) is 0 Å². The largest absolute Gasteiger partial charge is 0.298 e. The highest BCUT2D eigenvalue weighted by Crippen LogP contribution is 2.32. The molecule has 0 radical (unpaired) electrons. The second kappa shape index (κ2) is 2.55. The number of hydrogen-bond donors (Lipinski definition) is 1. The Kier molecular flexibility index (Phi) is 2.06. The maximum atomic E-state index is 11.0. The van der Waals surface area contributed by atoms with Crippen molar-refractivity contribution in [2.75, 3.05) is 5.88 Å². The Morgan fingerprint density at radius 1 is 1.70 bits per heavy atom. The van der Waals surface area contributed by atoms with Crippen LogP contribution in [0.5, 0.6) is 0 Å². The van der Waals surface area contributed by atoms with Gasteiger partial charge in [-0.25, -0.2) is 0 Å². The zero-order valence-electron chi connectivity index (χ0n) is 6.60. The molecule has 58 valence electrons. The van der Waals surface area contributed by atoms with E-state index in [1.54, 1.807) is 18.7 Å². The molecule has 0 aromatic carbocycles. The normalized spacial score (nSPS) is 30.5. The first-order chi connectivity index (χ1) is 4.54. The molecule has 0 amide bonds. The summed E-state index contributed by atoms with van der Waals surface area (Å²) in [6.07, 6.45) is 0. The van der Waals surface area contributed by atoms with Gasteiger partial charge in [-0.3, -0.25) is 10.1 Å². The lowest BCUT2D eigenvalue weighted by Gasteiger charge is -2.22. The minimum absolute atomic E-state index is 0.0532. The number of Topliss-reactive ketones (excluding diaryl/α,β-unsaturated/α-hetero) is 1. The van der Waals surface area contributed by atoms with Crippen LogP contribution in [0.3, 0.4) is 0 Å². The summed E-state index contributed by atoms with van der Waals surface area (Å²) in [7, 11) is 0. The highest BCUT2D eigenvalue weighted by Gasteiger charge is 2.37. The molecule has 0 aromatic rings. The minimum atomic E-state index is 0.0532. The van der Waals surface area contributed by atoms with Gasteiger partial charge in [0.25, 0.3) is 0 Å². The van der Waals surface area contributed by atoms with E-state index in [4.69, 9.17) is 0 Å². The predicted molar refractivity (Wildman–Crippen MR) is 44.1 cm³/mol. The van der Waals surface area contributed by atoms with Crippen LogP contribution in [0.2, 0.25) is 0 Å². The van der Waals surface area contributed by atoms with Gasteiger partial charge < -0.3 is 0 Å². The maximum absolute atomic E-state index is 11.0. The summed E-state index contributed by atoms with van der Waals surface area (Å²) < 4.78 is 0.0891. The SMILES string of the molecule is CC(=O)C1NCSC1(C)C. The van der Waals surface area contributed by atoms with Gasteiger partial charge in [-0.05, 0) is 20.8 Å². The number of carbonyl (C=O) groups is 1. The molecule has 2 nitrogen and oxygen atoms in total. The first-order valence-electron chi connectivity index (χ1n) is 3.42. The van der Waals surface area contributed by atoms with Crippen LogP contribution >= 0.6 is 11.8 Å². The van der Waals surface area contributed by atoms with Gasteiger partial charge in [-0.1, -0.05) is 0 Å². The van der Waals surface area contributed by atoms with E-state index >= 15 is 0 Å².